The van der Waals surface area contributed by atoms with Gasteiger partial charge in [0.1, 0.15) is 0 Å². The SMILES string of the molecule is COCC1CCN(S(=O)(=O)c2cccc(CO)c2)C1. The van der Waals surface area contributed by atoms with Crippen LogP contribution in [0.2, 0.25) is 0 Å². The van der Waals surface area contributed by atoms with Gasteiger partial charge >= 0.3 is 0 Å². The Kier molecular flexibility index (Phi) is 4.57. The molecule has 19 heavy (non-hydrogen) atoms. The molecule has 2 rings (SSSR count). The molecule has 0 amide bonds. The molecule has 1 aromatic rings. The normalized spacial score (nSPS) is 20.8. The van der Waals surface area contributed by atoms with Crippen molar-refractivity contribution >= 4 is 10.0 Å². The smallest absolute Gasteiger partial charge is 0.243 e. The molecule has 106 valence electrons. The lowest BCUT2D eigenvalue weighted by molar-refractivity contribution is 0.157. The van der Waals surface area contributed by atoms with Gasteiger partial charge in [-0.05, 0) is 30.0 Å². The number of methoxy groups -OCH3 is 1. The average Bonchev–Trinajstić information content (AvgIpc) is 2.88. The number of aliphatic hydroxyl groups is 1. The molecule has 1 heterocycles. The van der Waals surface area contributed by atoms with E-state index in [1.165, 1.54) is 10.4 Å². The fourth-order valence-corrected chi connectivity index (χ4v) is 3.94. The van der Waals surface area contributed by atoms with Crippen LogP contribution in [0.1, 0.15) is 12.0 Å². The Morgan fingerprint density at radius 1 is 1.47 bits per heavy atom. The van der Waals surface area contributed by atoms with Crippen molar-refractivity contribution in [1.82, 2.24) is 4.31 Å². The summed E-state index contributed by atoms with van der Waals surface area (Å²) in [6, 6.07) is 6.45. The molecule has 0 aromatic heterocycles. The summed E-state index contributed by atoms with van der Waals surface area (Å²) >= 11 is 0. The second kappa shape index (κ2) is 6.00. The highest BCUT2D eigenvalue weighted by Gasteiger charge is 2.32. The van der Waals surface area contributed by atoms with Crippen LogP contribution in [0.5, 0.6) is 0 Å². The van der Waals surface area contributed by atoms with E-state index in [1.807, 2.05) is 0 Å². The summed E-state index contributed by atoms with van der Waals surface area (Å²) in [6.45, 7) is 1.46. The molecule has 0 aliphatic carbocycles. The zero-order valence-corrected chi connectivity index (χ0v) is 11.8. The molecule has 1 N–H and O–H groups in total. The van der Waals surface area contributed by atoms with E-state index in [4.69, 9.17) is 9.84 Å². The van der Waals surface area contributed by atoms with Crippen molar-refractivity contribution < 1.29 is 18.3 Å². The van der Waals surface area contributed by atoms with Crippen LogP contribution < -0.4 is 0 Å². The average molecular weight is 285 g/mol. The Labute approximate surface area is 113 Å². The summed E-state index contributed by atoms with van der Waals surface area (Å²) in [5.41, 5.74) is 0.605. The summed E-state index contributed by atoms with van der Waals surface area (Å²) in [5.74, 6) is 0.265. The molecule has 0 spiro atoms. The molecule has 1 atom stereocenters. The third-order valence-electron chi connectivity index (χ3n) is 3.37. The molecule has 1 saturated heterocycles. The van der Waals surface area contributed by atoms with Gasteiger partial charge in [-0.1, -0.05) is 12.1 Å². The van der Waals surface area contributed by atoms with Gasteiger partial charge in [0.15, 0.2) is 0 Å². The molecule has 5 nitrogen and oxygen atoms in total. The van der Waals surface area contributed by atoms with Gasteiger partial charge in [-0.3, -0.25) is 0 Å². The van der Waals surface area contributed by atoms with E-state index in [-0.39, 0.29) is 17.4 Å². The Bertz CT molecular complexity index is 529. The van der Waals surface area contributed by atoms with Crippen LogP contribution >= 0.6 is 0 Å². The molecule has 1 aromatic carbocycles. The van der Waals surface area contributed by atoms with Crippen molar-refractivity contribution in [3.8, 4) is 0 Å². The summed E-state index contributed by atoms with van der Waals surface area (Å²) < 4.78 is 31.5. The highest BCUT2D eigenvalue weighted by molar-refractivity contribution is 7.89. The van der Waals surface area contributed by atoms with E-state index >= 15 is 0 Å². The minimum absolute atomic E-state index is 0.157. The summed E-state index contributed by atoms with van der Waals surface area (Å²) in [5, 5.41) is 9.08. The van der Waals surface area contributed by atoms with Crippen LogP contribution in [0.4, 0.5) is 0 Å². The quantitative estimate of drug-likeness (QED) is 0.870. The van der Waals surface area contributed by atoms with Crippen molar-refractivity contribution in [2.45, 2.75) is 17.9 Å². The van der Waals surface area contributed by atoms with Crippen LogP contribution in [0.3, 0.4) is 0 Å². The maximum absolute atomic E-state index is 12.5. The maximum Gasteiger partial charge on any atom is 0.243 e. The molecular weight excluding hydrogens is 266 g/mol. The molecule has 1 fully saturated rings. The van der Waals surface area contributed by atoms with Crippen LogP contribution in [-0.4, -0.2) is 44.6 Å². The third-order valence-corrected chi connectivity index (χ3v) is 5.23. The lowest BCUT2D eigenvalue weighted by Crippen LogP contribution is -2.29. The molecule has 0 radical (unpaired) electrons. The minimum atomic E-state index is -3.46. The lowest BCUT2D eigenvalue weighted by Gasteiger charge is -2.17. The fraction of sp³-hybridized carbons (Fsp3) is 0.538. The third kappa shape index (κ3) is 3.14. The molecule has 6 heteroatoms. The van der Waals surface area contributed by atoms with Gasteiger partial charge in [0.25, 0.3) is 0 Å². The Morgan fingerprint density at radius 3 is 2.95 bits per heavy atom. The zero-order valence-electron chi connectivity index (χ0n) is 10.9. The van der Waals surface area contributed by atoms with E-state index in [9.17, 15) is 8.42 Å². The Morgan fingerprint density at radius 2 is 2.26 bits per heavy atom. The fourth-order valence-electron chi connectivity index (χ4n) is 2.34. The van der Waals surface area contributed by atoms with Crippen molar-refractivity contribution in [2.24, 2.45) is 5.92 Å². The molecule has 1 unspecified atom stereocenters. The molecule has 1 aliphatic heterocycles. The standard InChI is InChI=1S/C13H19NO4S/c1-18-10-12-5-6-14(8-12)19(16,17)13-4-2-3-11(7-13)9-15/h2-4,7,12,15H,5-6,8-10H2,1H3. The number of rotatable bonds is 5. The first-order valence-corrected chi connectivity index (χ1v) is 7.71. The number of hydrogen-bond acceptors (Lipinski definition) is 4. The van der Waals surface area contributed by atoms with Gasteiger partial charge in [0.05, 0.1) is 18.1 Å². The Hall–Kier alpha value is -0.950. The zero-order chi connectivity index (χ0) is 13.9. The number of hydrogen-bond donors (Lipinski definition) is 1. The first-order chi connectivity index (χ1) is 9.07. The summed E-state index contributed by atoms with van der Waals surface area (Å²) in [4.78, 5) is 0.247. The van der Waals surface area contributed by atoms with Crippen molar-refractivity contribution in [1.29, 1.82) is 0 Å². The van der Waals surface area contributed by atoms with Crippen LogP contribution in [0, 0.1) is 5.92 Å². The lowest BCUT2D eigenvalue weighted by atomic mass is 10.1. The van der Waals surface area contributed by atoms with Gasteiger partial charge in [-0.2, -0.15) is 4.31 Å². The number of ether oxygens (including phenoxy) is 1. The van der Waals surface area contributed by atoms with E-state index < -0.39 is 10.0 Å². The minimum Gasteiger partial charge on any atom is -0.392 e. The number of aliphatic hydroxyl groups excluding tert-OH is 1. The van der Waals surface area contributed by atoms with Crippen molar-refractivity contribution in [2.75, 3.05) is 26.8 Å². The second-order valence-corrected chi connectivity index (χ2v) is 6.72. The van der Waals surface area contributed by atoms with Crippen LogP contribution in [0.15, 0.2) is 29.2 Å². The number of sulfonamides is 1. The first-order valence-electron chi connectivity index (χ1n) is 6.27. The highest BCUT2D eigenvalue weighted by atomic mass is 32.2. The molecule has 0 saturated carbocycles. The monoisotopic (exact) mass is 285 g/mol. The van der Waals surface area contributed by atoms with Crippen LogP contribution in [-0.2, 0) is 21.4 Å². The largest absolute Gasteiger partial charge is 0.392 e. The van der Waals surface area contributed by atoms with E-state index in [0.717, 1.165) is 6.42 Å². The summed E-state index contributed by atoms with van der Waals surface area (Å²) in [6.07, 6.45) is 0.826. The molecular formula is C13H19NO4S. The van der Waals surface area contributed by atoms with Crippen molar-refractivity contribution in [3.63, 3.8) is 0 Å². The van der Waals surface area contributed by atoms with E-state index in [0.29, 0.717) is 25.3 Å². The van der Waals surface area contributed by atoms with Gasteiger partial charge < -0.3 is 9.84 Å². The van der Waals surface area contributed by atoms with Gasteiger partial charge in [-0.15, -0.1) is 0 Å². The first kappa shape index (κ1) is 14.5. The summed E-state index contributed by atoms with van der Waals surface area (Å²) in [7, 11) is -1.83. The van der Waals surface area contributed by atoms with Gasteiger partial charge in [0.2, 0.25) is 10.0 Å². The van der Waals surface area contributed by atoms with Gasteiger partial charge in [-0.25, -0.2) is 8.42 Å². The van der Waals surface area contributed by atoms with E-state index in [1.54, 1.807) is 25.3 Å². The Balaban J connectivity index is 2.18. The predicted molar refractivity (Wildman–Crippen MR) is 71.1 cm³/mol. The van der Waals surface area contributed by atoms with Crippen LogP contribution in [0.25, 0.3) is 0 Å². The number of benzene rings is 1. The predicted octanol–water partition coefficient (Wildman–Crippen LogP) is 0.836. The topological polar surface area (TPSA) is 66.8 Å². The highest BCUT2D eigenvalue weighted by Crippen LogP contribution is 2.24. The maximum atomic E-state index is 12.5. The molecule has 1 aliphatic rings. The van der Waals surface area contributed by atoms with Gasteiger partial charge in [0, 0.05) is 20.2 Å². The second-order valence-electron chi connectivity index (χ2n) is 4.78. The molecule has 0 bridgehead atoms. The number of nitrogens with zero attached hydrogens (tertiary/aromatic N) is 1. The van der Waals surface area contributed by atoms with E-state index in [2.05, 4.69) is 0 Å². The van der Waals surface area contributed by atoms with Crippen molar-refractivity contribution in [3.05, 3.63) is 29.8 Å².